The van der Waals surface area contributed by atoms with Crippen LogP contribution in [0.1, 0.15) is 17.4 Å². The predicted octanol–water partition coefficient (Wildman–Crippen LogP) is 1.10. The fourth-order valence-corrected chi connectivity index (χ4v) is 2.82. The van der Waals surface area contributed by atoms with Gasteiger partial charge >= 0.3 is 0 Å². The van der Waals surface area contributed by atoms with Gasteiger partial charge in [0.2, 0.25) is 0 Å². The fourth-order valence-electron chi connectivity index (χ4n) is 2.09. The quantitative estimate of drug-likeness (QED) is 0.764. The van der Waals surface area contributed by atoms with Gasteiger partial charge in [-0.2, -0.15) is 5.10 Å². The first-order valence-corrected chi connectivity index (χ1v) is 7.81. The van der Waals surface area contributed by atoms with Crippen molar-refractivity contribution in [1.82, 2.24) is 24.6 Å². The summed E-state index contributed by atoms with van der Waals surface area (Å²) in [7, 11) is 0. The molecule has 0 spiro atoms. The Bertz CT molecular complexity index is 863. The standard InChI is InChI=1S/C14H15N5O2S/c1-2-19-6-3-11(17-19)12(20)15-5-7-18-9-16-13-10(14(18)21)4-8-22-13/h3-4,6,8-9H,2,5,7H2,1H3,(H,15,20). The van der Waals surface area contributed by atoms with Crippen LogP contribution in [0.3, 0.4) is 0 Å². The Morgan fingerprint density at radius 3 is 3.05 bits per heavy atom. The van der Waals surface area contributed by atoms with E-state index in [1.54, 1.807) is 23.0 Å². The third-order valence-corrected chi connectivity index (χ3v) is 4.11. The van der Waals surface area contributed by atoms with E-state index in [0.29, 0.717) is 24.2 Å². The lowest BCUT2D eigenvalue weighted by atomic mass is 10.4. The van der Waals surface area contributed by atoms with Crippen molar-refractivity contribution in [3.05, 3.63) is 46.1 Å². The van der Waals surface area contributed by atoms with Crippen LogP contribution >= 0.6 is 11.3 Å². The van der Waals surface area contributed by atoms with E-state index in [4.69, 9.17) is 0 Å². The van der Waals surface area contributed by atoms with E-state index in [-0.39, 0.29) is 11.5 Å². The summed E-state index contributed by atoms with van der Waals surface area (Å²) in [4.78, 5) is 29.1. The van der Waals surface area contributed by atoms with Crippen LogP contribution in [-0.4, -0.2) is 31.8 Å². The molecule has 3 rings (SSSR count). The summed E-state index contributed by atoms with van der Waals surface area (Å²) in [6.45, 7) is 3.39. The lowest BCUT2D eigenvalue weighted by Crippen LogP contribution is -2.31. The largest absolute Gasteiger partial charge is 0.349 e. The average Bonchev–Trinajstić information content (AvgIpc) is 3.18. The van der Waals surface area contributed by atoms with E-state index in [9.17, 15) is 9.59 Å². The lowest BCUT2D eigenvalue weighted by Gasteiger charge is -2.06. The predicted molar refractivity (Wildman–Crippen MR) is 84.1 cm³/mol. The number of aromatic nitrogens is 4. The van der Waals surface area contributed by atoms with Gasteiger partial charge in [0, 0.05) is 25.8 Å². The SMILES string of the molecule is CCn1ccc(C(=O)NCCn2cnc3sccc3c2=O)n1. The van der Waals surface area contributed by atoms with Gasteiger partial charge in [0.1, 0.15) is 10.5 Å². The molecule has 3 aromatic heterocycles. The Hall–Kier alpha value is -2.48. The molecule has 0 saturated carbocycles. The number of thiophene rings is 1. The van der Waals surface area contributed by atoms with Gasteiger partial charge in [0.15, 0.2) is 0 Å². The molecule has 1 amide bonds. The first-order valence-electron chi connectivity index (χ1n) is 6.93. The van der Waals surface area contributed by atoms with Gasteiger partial charge in [-0.3, -0.25) is 18.8 Å². The molecule has 7 nitrogen and oxygen atoms in total. The highest BCUT2D eigenvalue weighted by Crippen LogP contribution is 2.12. The van der Waals surface area contributed by atoms with Crippen molar-refractivity contribution in [2.75, 3.05) is 6.54 Å². The topological polar surface area (TPSA) is 81.8 Å². The van der Waals surface area contributed by atoms with E-state index in [1.165, 1.54) is 22.2 Å². The summed E-state index contributed by atoms with van der Waals surface area (Å²) >= 11 is 1.44. The molecule has 8 heteroatoms. The second kappa shape index (κ2) is 6.10. The first-order chi connectivity index (χ1) is 10.7. The zero-order chi connectivity index (χ0) is 15.5. The molecule has 114 valence electrons. The number of hydrogen-bond donors (Lipinski definition) is 1. The minimum absolute atomic E-state index is 0.0873. The van der Waals surface area contributed by atoms with E-state index < -0.39 is 0 Å². The molecule has 0 radical (unpaired) electrons. The monoisotopic (exact) mass is 317 g/mol. The Kier molecular flexibility index (Phi) is 4.01. The number of rotatable bonds is 5. The van der Waals surface area contributed by atoms with Gasteiger partial charge in [0.05, 0.1) is 11.7 Å². The van der Waals surface area contributed by atoms with E-state index in [0.717, 1.165) is 11.4 Å². The highest BCUT2D eigenvalue weighted by molar-refractivity contribution is 7.16. The van der Waals surface area contributed by atoms with Gasteiger partial charge < -0.3 is 5.32 Å². The molecule has 0 aliphatic rings. The molecule has 0 aliphatic heterocycles. The summed E-state index contributed by atoms with van der Waals surface area (Å²) in [6, 6.07) is 3.44. The summed E-state index contributed by atoms with van der Waals surface area (Å²) in [6.07, 6.45) is 3.27. The Labute approximate surface area is 130 Å². The number of fused-ring (bicyclic) bond motifs is 1. The van der Waals surface area contributed by atoms with Gasteiger partial charge in [-0.05, 0) is 24.4 Å². The number of nitrogens with one attached hydrogen (secondary N) is 1. The van der Waals surface area contributed by atoms with E-state index in [2.05, 4.69) is 15.4 Å². The van der Waals surface area contributed by atoms with Crippen LogP contribution in [0.15, 0.2) is 34.8 Å². The zero-order valence-electron chi connectivity index (χ0n) is 12.0. The number of amides is 1. The van der Waals surface area contributed by atoms with E-state index in [1.807, 2.05) is 12.3 Å². The van der Waals surface area contributed by atoms with Crippen LogP contribution in [0.2, 0.25) is 0 Å². The molecular formula is C14H15N5O2S. The Morgan fingerprint density at radius 1 is 1.41 bits per heavy atom. The minimum Gasteiger partial charge on any atom is -0.349 e. The van der Waals surface area contributed by atoms with Crippen molar-refractivity contribution >= 4 is 27.5 Å². The van der Waals surface area contributed by atoms with Gasteiger partial charge in [0.25, 0.3) is 11.5 Å². The molecule has 22 heavy (non-hydrogen) atoms. The second-order valence-electron chi connectivity index (χ2n) is 4.70. The molecule has 3 aromatic rings. The second-order valence-corrected chi connectivity index (χ2v) is 5.59. The van der Waals surface area contributed by atoms with Gasteiger partial charge in [-0.1, -0.05) is 0 Å². The number of aryl methyl sites for hydroxylation is 1. The lowest BCUT2D eigenvalue weighted by molar-refractivity contribution is 0.0946. The Morgan fingerprint density at radius 2 is 2.27 bits per heavy atom. The molecule has 1 N–H and O–H groups in total. The number of carbonyl (C=O) groups excluding carboxylic acids is 1. The average molecular weight is 317 g/mol. The summed E-state index contributed by atoms with van der Waals surface area (Å²) in [5.74, 6) is -0.246. The van der Waals surface area contributed by atoms with Crippen molar-refractivity contribution in [2.45, 2.75) is 20.0 Å². The van der Waals surface area contributed by atoms with Crippen LogP contribution in [-0.2, 0) is 13.1 Å². The molecule has 0 saturated heterocycles. The van der Waals surface area contributed by atoms with Crippen molar-refractivity contribution in [3.63, 3.8) is 0 Å². The van der Waals surface area contributed by atoms with Crippen molar-refractivity contribution in [3.8, 4) is 0 Å². The molecule has 0 fully saturated rings. The smallest absolute Gasteiger partial charge is 0.271 e. The van der Waals surface area contributed by atoms with Gasteiger partial charge in [-0.25, -0.2) is 4.98 Å². The van der Waals surface area contributed by atoms with Crippen molar-refractivity contribution in [1.29, 1.82) is 0 Å². The van der Waals surface area contributed by atoms with Crippen molar-refractivity contribution in [2.24, 2.45) is 0 Å². The highest BCUT2D eigenvalue weighted by Gasteiger charge is 2.09. The molecule has 0 bridgehead atoms. The van der Waals surface area contributed by atoms with Crippen LogP contribution in [0, 0.1) is 0 Å². The third kappa shape index (κ3) is 2.77. The maximum atomic E-state index is 12.2. The molecule has 0 unspecified atom stereocenters. The number of carbonyl (C=O) groups is 1. The summed E-state index contributed by atoms with van der Waals surface area (Å²) < 4.78 is 3.19. The maximum Gasteiger partial charge on any atom is 0.271 e. The summed E-state index contributed by atoms with van der Waals surface area (Å²) in [5.41, 5.74) is 0.288. The molecule has 0 atom stereocenters. The van der Waals surface area contributed by atoms with Crippen LogP contribution in [0.4, 0.5) is 0 Å². The van der Waals surface area contributed by atoms with Crippen LogP contribution in [0.25, 0.3) is 10.2 Å². The maximum absolute atomic E-state index is 12.2. The van der Waals surface area contributed by atoms with Crippen LogP contribution < -0.4 is 10.9 Å². The normalized spacial score (nSPS) is 11.0. The highest BCUT2D eigenvalue weighted by atomic mass is 32.1. The number of nitrogens with zero attached hydrogens (tertiary/aromatic N) is 4. The summed E-state index contributed by atoms with van der Waals surface area (Å²) in [5, 5.41) is 9.34. The zero-order valence-corrected chi connectivity index (χ0v) is 12.8. The van der Waals surface area contributed by atoms with Crippen molar-refractivity contribution < 1.29 is 4.79 Å². The first kappa shape index (κ1) is 14.5. The molecular weight excluding hydrogens is 302 g/mol. The molecule has 0 aromatic carbocycles. The minimum atomic E-state index is -0.246. The van der Waals surface area contributed by atoms with Crippen LogP contribution in [0.5, 0.6) is 0 Å². The number of hydrogen-bond acceptors (Lipinski definition) is 5. The molecule has 0 aliphatic carbocycles. The third-order valence-electron chi connectivity index (χ3n) is 3.29. The fraction of sp³-hybridized carbons (Fsp3) is 0.286. The molecule has 3 heterocycles. The Balaban J connectivity index is 1.63. The van der Waals surface area contributed by atoms with E-state index >= 15 is 0 Å². The van der Waals surface area contributed by atoms with Gasteiger partial charge in [-0.15, -0.1) is 11.3 Å².